The van der Waals surface area contributed by atoms with Crippen LogP contribution < -0.4 is 10.0 Å². The number of carbonyl (C=O) groups is 1. The molecule has 0 aromatic heterocycles. The molecule has 23 heavy (non-hydrogen) atoms. The molecular weight excluding hydrogens is 319 g/mol. The SMILES string of the molecule is Cc1cc(F)ccc1S(=O)(=O)N1CC(C(N)=O)c2ccccc21. The summed E-state index contributed by atoms with van der Waals surface area (Å²) in [4.78, 5) is 11.6. The van der Waals surface area contributed by atoms with E-state index < -0.39 is 27.7 Å². The lowest BCUT2D eigenvalue weighted by atomic mass is 10.0. The number of hydrogen-bond donors (Lipinski definition) is 1. The first-order valence-corrected chi connectivity index (χ1v) is 8.43. The first kappa shape index (κ1) is 15.5. The van der Waals surface area contributed by atoms with Gasteiger partial charge in [0.25, 0.3) is 10.0 Å². The molecule has 0 bridgehead atoms. The van der Waals surface area contributed by atoms with Gasteiger partial charge in [-0.05, 0) is 42.3 Å². The molecule has 0 radical (unpaired) electrons. The number of amides is 1. The molecule has 2 N–H and O–H groups in total. The Kier molecular flexibility index (Phi) is 3.60. The van der Waals surface area contributed by atoms with Crippen molar-refractivity contribution in [1.82, 2.24) is 0 Å². The summed E-state index contributed by atoms with van der Waals surface area (Å²) < 4.78 is 40.3. The summed E-state index contributed by atoms with van der Waals surface area (Å²) >= 11 is 0. The number of anilines is 1. The van der Waals surface area contributed by atoms with Crippen molar-refractivity contribution >= 4 is 21.6 Å². The van der Waals surface area contributed by atoms with Crippen molar-refractivity contribution in [2.75, 3.05) is 10.8 Å². The van der Waals surface area contributed by atoms with E-state index in [0.717, 1.165) is 10.4 Å². The van der Waals surface area contributed by atoms with Crippen molar-refractivity contribution in [3.8, 4) is 0 Å². The normalized spacial score (nSPS) is 17.1. The fourth-order valence-electron chi connectivity index (χ4n) is 2.86. The van der Waals surface area contributed by atoms with Crippen LogP contribution in [0.4, 0.5) is 10.1 Å². The Morgan fingerprint density at radius 1 is 1.26 bits per heavy atom. The summed E-state index contributed by atoms with van der Waals surface area (Å²) in [5.74, 6) is -1.77. The van der Waals surface area contributed by atoms with Crippen LogP contribution in [0.2, 0.25) is 0 Å². The molecule has 0 saturated heterocycles. The maximum Gasteiger partial charge on any atom is 0.264 e. The van der Waals surface area contributed by atoms with E-state index in [-0.39, 0.29) is 11.4 Å². The first-order valence-electron chi connectivity index (χ1n) is 6.99. The fourth-order valence-corrected chi connectivity index (χ4v) is 4.58. The number of nitrogens with two attached hydrogens (primary N) is 1. The quantitative estimate of drug-likeness (QED) is 0.931. The highest BCUT2D eigenvalue weighted by Crippen LogP contribution is 2.39. The van der Waals surface area contributed by atoms with E-state index in [9.17, 15) is 17.6 Å². The lowest BCUT2D eigenvalue weighted by Crippen LogP contribution is -2.33. The molecule has 7 heteroatoms. The molecule has 1 heterocycles. The summed E-state index contributed by atoms with van der Waals surface area (Å²) in [5, 5.41) is 0. The number of nitrogens with zero attached hydrogens (tertiary/aromatic N) is 1. The minimum Gasteiger partial charge on any atom is -0.369 e. The van der Waals surface area contributed by atoms with Gasteiger partial charge in [-0.3, -0.25) is 9.10 Å². The van der Waals surface area contributed by atoms with Gasteiger partial charge in [-0.1, -0.05) is 18.2 Å². The molecule has 0 spiro atoms. The molecule has 2 aromatic rings. The van der Waals surface area contributed by atoms with Crippen LogP contribution in [0.3, 0.4) is 0 Å². The summed E-state index contributed by atoms with van der Waals surface area (Å²) in [6.45, 7) is 1.48. The average Bonchev–Trinajstić information content (AvgIpc) is 2.87. The van der Waals surface area contributed by atoms with Gasteiger partial charge in [-0.15, -0.1) is 0 Å². The Labute approximate surface area is 133 Å². The number of aryl methyl sites for hydroxylation is 1. The van der Waals surface area contributed by atoms with Crippen LogP contribution >= 0.6 is 0 Å². The predicted molar refractivity (Wildman–Crippen MR) is 84.0 cm³/mol. The smallest absolute Gasteiger partial charge is 0.264 e. The summed E-state index contributed by atoms with van der Waals surface area (Å²) in [6, 6.07) is 10.3. The molecular formula is C16H15FN2O3S. The van der Waals surface area contributed by atoms with Crippen molar-refractivity contribution in [2.45, 2.75) is 17.7 Å². The molecule has 1 atom stereocenters. The van der Waals surface area contributed by atoms with Crippen LogP contribution in [0.5, 0.6) is 0 Å². The fraction of sp³-hybridized carbons (Fsp3) is 0.188. The second kappa shape index (κ2) is 5.34. The lowest BCUT2D eigenvalue weighted by molar-refractivity contribution is -0.119. The monoisotopic (exact) mass is 334 g/mol. The largest absolute Gasteiger partial charge is 0.369 e. The molecule has 1 unspecified atom stereocenters. The van der Waals surface area contributed by atoms with Crippen LogP contribution in [0.25, 0.3) is 0 Å². The number of fused-ring (bicyclic) bond motifs is 1. The van der Waals surface area contributed by atoms with Gasteiger partial charge in [0.15, 0.2) is 0 Å². The van der Waals surface area contributed by atoms with E-state index in [4.69, 9.17) is 5.73 Å². The summed E-state index contributed by atoms with van der Waals surface area (Å²) in [6.07, 6.45) is 0. The minimum absolute atomic E-state index is 0.0128. The second-order valence-electron chi connectivity index (χ2n) is 5.46. The van der Waals surface area contributed by atoms with Crippen molar-refractivity contribution in [3.63, 3.8) is 0 Å². The standard InChI is InChI=1S/C16H15FN2O3S/c1-10-8-11(17)6-7-15(10)23(21,22)19-9-13(16(18)20)12-4-2-3-5-14(12)19/h2-8,13H,9H2,1H3,(H2,18,20). The summed E-state index contributed by atoms with van der Waals surface area (Å²) in [7, 11) is -3.91. The van der Waals surface area contributed by atoms with Gasteiger partial charge < -0.3 is 5.73 Å². The number of rotatable bonds is 3. The van der Waals surface area contributed by atoms with Crippen LogP contribution in [-0.4, -0.2) is 20.9 Å². The van der Waals surface area contributed by atoms with Crippen LogP contribution in [-0.2, 0) is 14.8 Å². The Bertz CT molecular complexity index is 896. The van der Waals surface area contributed by atoms with Crippen molar-refractivity contribution in [2.24, 2.45) is 5.73 Å². The second-order valence-corrected chi connectivity index (χ2v) is 7.29. The maximum absolute atomic E-state index is 13.3. The Morgan fingerprint density at radius 3 is 2.61 bits per heavy atom. The third-order valence-corrected chi connectivity index (χ3v) is 5.92. The molecule has 0 aliphatic carbocycles. The number of benzene rings is 2. The van der Waals surface area contributed by atoms with E-state index >= 15 is 0 Å². The third kappa shape index (κ3) is 2.46. The Hall–Kier alpha value is -2.41. The van der Waals surface area contributed by atoms with Gasteiger partial charge in [0.2, 0.25) is 5.91 Å². The third-order valence-electron chi connectivity index (χ3n) is 3.98. The molecule has 1 aliphatic rings. The highest BCUT2D eigenvalue weighted by molar-refractivity contribution is 7.93. The highest BCUT2D eigenvalue weighted by atomic mass is 32.2. The zero-order valence-electron chi connectivity index (χ0n) is 12.4. The number of sulfonamides is 1. The highest BCUT2D eigenvalue weighted by Gasteiger charge is 2.39. The van der Waals surface area contributed by atoms with Crippen LogP contribution in [0, 0.1) is 12.7 Å². The van der Waals surface area contributed by atoms with E-state index in [1.807, 2.05) is 0 Å². The molecule has 0 saturated carbocycles. The van der Waals surface area contributed by atoms with E-state index in [1.54, 1.807) is 24.3 Å². The van der Waals surface area contributed by atoms with E-state index in [1.165, 1.54) is 19.1 Å². The zero-order chi connectivity index (χ0) is 16.8. The molecule has 2 aromatic carbocycles. The predicted octanol–water partition coefficient (Wildman–Crippen LogP) is 1.91. The number of primary amides is 1. The van der Waals surface area contributed by atoms with Gasteiger partial charge in [0.1, 0.15) is 5.82 Å². The number of hydrogen-bond acceptors (Lipinski definition) is 3. The maximum atomic E-state index is 13.3. The van der Waals surface area contributed by atoms with E-state index in [0.29, 0.717) is 16.8 Å². The molecule has 1 aliphatic heterocycles. The van der Waals surface area contributed by atoms with Crippen LogP contribution in [0.15, 0.2) is 47.4 Å². The Balaban J connectivity index is 2.13. The zero-order valence-corrected chi connectivity index (χ0v) is 13.2. The summed E-state index contributed by atoms with van der Waals surface area (Å²) in [5.41, 5.74) is 6.72. The number of para-hydroxylation sites is 1. The molecule has 3 rings (SSSR count). The van der Waals surface area contributed by atoms with E-state index in [2.05, 4.69) is 0 Å². The molecule has 0 fully saturated rings. The van der Waals surface area contributed by atoms with Crippen LogP contribution in [0.1, 0.15) is 17.0 Å². The van der Waals surface area contributed by atoms with Gasteiger partial charge in [0.05, 0.1) is 23.0 Å². The Morgan fingerprint density at radius 2 is 1.96 bits per heavy atom. The van der Waals surface area contributed by atoms with Gasteiger partial charge in [0, 0.05) is 0 Å². The van der Waals surface area contributed by atoms with Gasteiger partial charge in [-0.25, -0.2) is 12.8 Å². The van der Waals surface area contributed by atoms with Crippen molar-refractivity contribution < 1.29 is 17.6 Å². The minimum atomic E-state index is -3.91. The first-order chi connectivity index (χ1) is 10.8. The number of carbonyl (C=O) groups excluding carboxylic acids is 1. The molecule has 120 valence electrons. The number of halogens is 1. The van der Waals surface area contributed by atoms with Gasteiger partial charge >= 0.3 is 0 Å². The lowest BCUT2D eigenvalue weighted by Gasteiger charge is -2.21. The molecule has 1 amide bonds. The molecule has 5 nitrogen and oxygen atoms in total. The average molecular weight is 334 g/mol. The topological polar surface area (TPSA) is 80.5 Å². The van der Waals surface area contributed by atoms with Gasteiger partial charge in [-0.2, -0.15) is 0 Å². The van der Waals surface area contributed by atoms with Crippen molar-refractivity contribution in [1.29, 1.82) is 0 Å². The van der Waals surface area contributed by atoms with Crippen molar-refractivity contribution in [3.05, 3.63) is 59.4 Å².